The molecule has 1 nitrogen and oxygen atoms in total. The summed E-state index contributed by atoms with van der Waals surface area (Å²) < 4.78 is 0. The predicted octanol–water partition coefficient (Wildman–Crippen LogP) is -3.99. The summed E-state index contributed by atoms with van der Waals surface area (Å²) in [5.41, 5.74) is 5.03. The average Bonchev–Trinajstić information content (AvgIpc) is 1.37. The molecule has 5 heavy (non-hydrogen) atoms. The summed E-state index contributed by atoms with van der Waals surface area (Å²) in [5, 5.41) is 0. The van der Waals surface area contributed by atoms with Gasteiger partial charge in [-0.2, -0.15) is 0 Å². The van der Waals surface area contributed by atoms with E-state index in [0.29, 0.717) is 0 Å². The van der Waals surface area contributed by atoms with Gasteiger partial charge in [0.1, 0.15) is 7.31 Å². The number of hydrogen-bond donors (Lipinski definition) is 1. The number of nitrogens with two attached hydrogens (primary N) is 1. The Hall–Kier alpha value is 0.687. The van der Waals surface area contributed by atoms with E-state index in [1.165, 1.54) is 0 Å². The molecule has 0 saturated heterocycles. The predicted molar refractivity (Wildman–Crippen MR) is 37.0 cm³/mol. The van der Waals surface area contributed by atoms with Gasteiger partial charge >= 0.3 is 0 Å². The minimum absolute atomic E-state index is 0. The van der Waals surface area contributed by atoms with Crippen LogP contribution in [0.15, 0.2) is 0 Å². The Kier molecular flexibility index (Phi) is 16.2. The van der Waals surface area contributed by atoms with Gasteiger partial charge in [-0.25, -0.2) is 0 Å². The van der Waals surface area contributed by atoms with Crippen molar-refractivity contribution < 1.29 is 0 Å². The van der Waals surface area contributed by atoms with Gasteiger partial charge in [0.2, 0.25) is 0 Å². The highest BCUT2D eigenvalue weighted by atomic mass is 27.0. The molecule has 5 heteroatoms. The van der Waals surface area contributed by atoms with Crippen LogP contribution in [-0.2, 0) is 0 Å². The SMILES string of the molecule is BBBN.[AlH3]. The molecule has 0 aromatic rings. The third-order valence-electron chi connectivity index (χ3n) is 0.289. The topological polar surface area (TPSA) is 26.0 Å². The molecule has 0 aliphatic rings. The molecule has 2 N–H and O–H groups in total. The van der Waals surface area contributed by atoms with E-state index in [9.17, 15) is 0 Å². The standard InChI is InChI=1S/Al.B3H6N.3H/c;1-2-3-4;;;/h;2-3H,1,4H2;;;. The van der Waals surface area contributed by atoms with Gasteiger partial charge in [-0.15, -0.1) is 0 Å². The summed E-state index contributed by atoms with van der Waals surface area (Å²) >= 11 is 0. The Bertz CT molecular complexity index is 8.85. The summed E-state index contributed by atoms with van der Waals surface area (Å²) in [5.74, 6) is 0. The van der Waals surface area contributed by atoms with Crippen LogP contribution in [0.1, 0.15) is 0 Å². The molecule has 0 aromatic carbocycles. The zero-order valence-corrected chi connectivity index (χ0v) is 2.99. The fraction of sp³-hybridized carbons (Fsp3) is 0. The molecule has 0 saturated carbocycles. The van der Waals surface area contributed by atoms with Crippen LogP contribution in [0.5, 0.6) is 0 Å². The second-order valence-electron chi connectivity index (χ2n) is 0.789. The van der Waals surface area contributed by atoms with E-state index in [0.717, 1.165) is 14.4 Å². The first-order valence-electron chi connectivity index (χ1n) is 1.62. The van der Waals surface area contributed by atoms with Gasteiger partial charge in [0.05, 0.1) is 14.8 Å². The van der Waals surface area contributed by atoms with Crippen LogP contribution < -0.4 is 5.64 Å². The Labute approximate surface area is 45.7 Å². The lowest BCUT2D eigenvalue weighted by atomic mass is 9.34. The molecule has 0 spiro atoms. The van der Waals surface area contributed by atoms with Crippen molar-refractivity contribution in [3.8, 4) is 0 Å². The number of rotatable bonds is 1. The zero-order chi connectivity index (χ0) is 3.41. The van der Waals surface area contributed by atoms with Gasteiger partial charge in [-0.3, -0.25) is 0 Å². The highest BCUT2D eigenvalue weighted by Gasteiger charge is 1.67. The third kappa shape index (κ3) is 11.9. The lowest BCUT2D eigenvalue weighted by Gasteiger charge is -1.60. The average molecular weight is 82.5 g/mol. The minimum atomic E-state index is 0. The molecule has 0 atom stereocenters. The van der Waals surface area contributed by atoms with E-state index < -0.39 is 0 Å². The quantitative estimate of drug-likeness (QED) is 0.321. The normalized spacial score (nSPS) is 4.20. The molecule has 0 aromatic heterocycles. The van der Waals surface area contributed by atoms with Crippen LogP contribution in [0.3, 0.4) is 0 Å². The second kappa shape index (κ2) is 8.82. The van der Waals surface area contributed by atoms with E-state index in [2.05, 4.69) is 7.74 Å². The Morgan fingerprint density at radius 1 is 1.60 bits per heavy atom. The Morgan fingerprint density at radius 3 is 1.80 bits per heavy atom. The molecule has 0 bridgehead atoms. The van der Waals surface area contributed by atoms with Crippen LogP contribution in [0.25, 0.3) is 0 Å². The first kappa shape index (κ1) is 9.19. The molecular weight excluding hydrogens is 73.4 g/mol. The summed E-state index contributed by atoms with van der Waals surface area (Å²) in [6.07, 6.45) is 0. The Morgan fingerprint density at radius 2 is 1.80 bits per heavy atom. The van der Waals surface area contributed by atoms with Crippen LogP contribution >= 0.6 is 0 Å². The molecule has 0 fully saturated rings. The van der Waals surface area contributed by atoms with Gasteiger partial charge in [-0.1, -0.05) is 0 Å². The zero-order valence-electron chi connectivity index (χ0n) is 2.99. The van der Waals surface area contributed by atoms with Crippen molar-refractivity contribution in [2.24, 2.45) is 5.64 Å². The van der Waals surface area contributed by atoms with Crippen LogP contribution in [0, 0.1) is 0 Å². The van der Waals surface area contributed by atoms with Crippen molar-refractivity contribution in [3.63, 3.8) is 0 Å². The van der Waals surface area contributed by atoms with Crippen molar-refractivity contribution in [2.75, 3.05) is 0 Å². The maximum absolute atomic E-state index is 5.03. The van der Waals surface area contributed by atoms with Gasteiger partial charge in [0, 0.05) is 0 Å². The lowest BCUT2D eigenvalue weighted by molar-refractivity contribution is 1.98. The molecule has 0 rings (SSSR count). The third-order valence-corrected chi connectivity index (χ3v) is 0.289. The van der Waals surface area contributed by atoms with E-state index in [4.69, 9.17) is 5.64 Å². The van der Waals surface area contributed by atoms with Crippen LogP contribution in [0.4, 0.5) is 0 Å². The van der Waals surface area contributed by atoms with Gasteiger partial charge < -0.3 is 5.64 Å². The maximum atomic E-state index is 5.03. The molecular formula is H9AlB3N. The second-order valence-corrected chi connectivity index (χ2v) is 0.789. The Balaban J connectivity index is 0. The van der Waals surface area contributed by atoms with Gasteiger partial charge in [0.25, 0.3) is 0 Å². The summed E-state index contributed by atoms with van der Waals surface area (Å²) in [6.45, 7) is 0. The lowest BCUT2D eigenvalue weighted by Crippen LogP contribution is -2.13. The van der Waals surface area contributed by atoms with Crippen molar-refractivity contribution in [1.82, 2.24) is 0 Å². The van der Waals surface area contributed by atoms with E-state index in [1.54, 1.807) is 0 Å². The van der Waals surface area contributed by atoms with Crippen LogP contribution in [-0.4, -0.2) is 39.5 Å². The fourth-order valence-electron chi connectivity index (χ4n) is 0. The molecule has 0 aliphatic carbocycles. The number of hydrogen-bond acceptors (Lipinski definition) is 1. The smallest absolute Gasteiger partial charge is 0.187 e. The summed E-state index contributed by atoms with van der Waals surface area (Å²) in [6, 6.07) is 0. The van der Waals surface area contributed by atoms with Gasteiger partial charge in [0.15, 0.2) is 17.4 Å². The molecule has 26 valence electrons. The summed E-state index contributed by atoms with van der Waals surface area (Å²) in [7, 11) is 3.97. The largest absolute Gasteiger partial charge is 0.380 e. The van der Waals surface area contributed by atoms with E-state index in [-0.39, 0.29) is 17.4 Å². The maximum Gasteiger partial charge on any atom is 0.187 e. The van der Waals surface area contributed by atoms with E-state index >= 15 is 0 Å². The molecule has 0 heterocycles. The highest BCUT2D eigenvalue weighted by molar-refractivity contribution is 7.22. The van der Waals surface area contributed by atoms with Gasteiger partial charge in [-0.05, 0) is 0 Å². The molecule has 0 radical (unpaired) electrons. The van der Waals surface area contributed by atoms with Crippen molar-refractivity contribution >= 4 is 39.5 Å². The molecule has 0 aliphatic heterocycles. The minimum Gasteiger partial charge on any atom is -0.380 e. The van der Waals surface area contributed by atoms with Crippen molar-refractivity contribution in [3.05, 3.63) is 0 Å². The first-order chi connectivity index (χ1) is 1.91. The fourth-order valence-corrected chi connectivity index (χ4v) is 0. The summed E-state index contributed by atoms with van der Waals surface area (Å²) in [4.78, 5) is 0. The van der Waals surface area contributed by atoms with Crippen molar-refractivity contribution in [2.45, 2.75) is 0 Å². The monoisotopic (exact) mass is 83.1 g/mol. The first-order valence-corrected chi connectivity index (χ1v) is 1.62. The van der Waals surface area contributed by atoms with Crippen LogP contribution in [0.2, 0.25) is 0 Å². The van der Waals surface area contributed by atoms with E-state index in [1.807, 2.05) is 0 Å². The molecule has 0 amide bonds. The highest BCUT2D eigenvalue weighted by Crippen LogP contribution is 1.17. The molecule has 0 unspecified atom stereocenters. The van der Waals surface area contributed by atoms with Crippen molar-refractivity contribution in [1.29, 1.82) is 0 Å².